The van der Waals surface area contributed by atoms with Gasteiger partial charge in [-0.05, 0) is 38.0 Å². The SMILES string of the molecule is CC(c1nc(C2CC2)no1)N1CCN(C(=O)c2ccc(F)c(F)c2)CC1. The molecule has 1 saturated heterocycles. The van der Waals surface area contributed by atoms with Crippen molar-refractivity contribution in [2.24, 2.45) is 0 Å². The summed E-state index contributed by atoms with van der Waals surface area (Å²) in [5.41, 5.74) is 0.163. The summed E-state index contributed by atoms with van der Waals surface area (Å²) in [6, 6.07) is 3.22. The van der Waals surface area contributed by atoms with Gasteiger partial charge in [-0.3, -0.25) is 9.69 Å². The predicted molar refractivity (Wildman–Crippen MR) is 88.5 cm³/mol. The van der Waals surface area contributed by atoms with Gasteiger partial charge in [-0.2, -0.15) is 4.98 Å². The molecule has 1 aliphatic carbocycles. The molecule has 0 N–H and O–H groups in total. The van der Waals surface area contributed by atoms with Crippen LogP contribution in [0.15, 0.2) is 22.7 Å². The lowest BCUT2D eigenvalue weighted by atomic mass is 10.1. The molecule has 8 heteroatoms. The van der Waals surface area contributed by atoms with Crippen LogP contribution >= 0.6 is 0 Å². The van der Waals surface area contributed by atoms with Crippen molar-refractivity contribution in [3.63, 3.8) is 0 Å². The molecule has 1 saturated carbocycles. The summed E-state index contributed by atoms with van der Waals surface area (Å²) in [6.07, 6.45) is 2.25. The summed E-state index contributed by atoms with van der Waals surface area (Å²) >= 11 is 0. The van der Waals surface area contributed by atoms with Crippen molar-refractivity contribution in [1.29, 1.82) is 0 Å². The zero-order valence-electron chi connectivity index (χ0n) is 14.5. The van der Waals surface area contributed by atoms with E-state index < -0.39 is 11.6 Å². The van der Waals surface area contributed by atoms with Gasteiger partial charge in [-0.1, -0.05) is 5.16 Å². The third kappa shape index (κ3) is 3.33. The first kappa shape index (κ1) is 17.1. The van der Waals surface area contributed by atoms with Crippen LogP contribution in [0.25, 0.3) is 0 Å². The van der Waals surface area contributed by atoms with E-state index in [0.717, 1.165) is 30.8 Å². The van der Waals surface area contributed by atoms with E-state index in [4.69, 9.17) is 4.52 Å². The van der Waals surface area contributed by atoms with Crippen molar-refractivity contribution in [3.05, 3.63) is 47.1 Å². The van der Waals surface area contributed by atoms with Crippen molar-refractivity contribution >= 4 is 5.91 Å². The number of amides is 1. The minimum atomic E-state index is -1.01. The van der Waals surface area contributed by atoms with E-state index in [0.29, 0.717) is 38.0 Å². The van der Waals surface area contributed by atoms with Crippen molar-refractivity contribution in [2.45, 2.75) is 31.7 Å². The van der Waals surface area contributed by atoms with Crippen LogP contribution in [0.2, 0.25) is 0 Å². The van der Waals surface area contributed by atoms with Crippen molar-refractivity contribution < 1.29 is 18.1 Å². The minimum absolute atomic E-state index is 0.0180. The zero-order valence-corrected chi connectivity index (χ0v) is 14.5. The topological polar surface area (TPSA) is 62.5 Å². The number of piperazine rings is 1. The fourth-order valence-electron chi connectivity index (χ4n) is 3.20. The number of carbonyl (C=O) groups is 1. The lowest BCUT2D eigenvalue weighted by molar-refractivity contribution is 0.0551. The van der Waals surface area contributed by atoms with E-state index in [1.165, 1.54) is 6.07 Å². The molecular formula is C18H20F2N4O2. The third-order valence-corrected chi connectivity index (χ3v) is 5.07. The van der Waals surface area contributed by atoms with Gasteiger partial charge in [-0.25, -0.2) is 8.78 Å². The number of hydrogen-bond acceptors (Lipinski definition) is 5. The van der Waals surface area contributed by atoms with Crippen LogP contribution in [-0.2, 0) is 0 Å². The molecule has 0 radical (unpaired) electrons. The number of benzene rings is 1. The van der Waals surface area contributed by atoms with Crippen LogP contribution in [-0.4, -0.2) is 52.0 Å². The molecule has 2 aromatic rings. The first-order valence-corrected chi connectivity index (χ1v) is 8.85. The second kappa shape index (κ2) is 6.75. The maximum Gasteiger partial charge on any atom is 0.254 e. The average molecular weight is 362 g/mol. The molecule has 4 rings (SSSR count). The molecule has 1 amide bonds. The molecule has 26 heavy (non-hydrogen) atoms. The van der Waals surface area contributed by atoms with Crippen LogP contribution in [0.1, 0.15) is 53.8 Å². The third-order valence-electron chi connectivity index (χ3n) is 5.07. The maximum absolute atomic E-state index is 13.3. The van der Waals surface area contributed by atoms with E-state index in [1.54, 1.807) is 4.90 Å². The lowest BCUT2D eigenvalue weighted by Crippen LogP contribution is -2.49. The number of rotatable bonds is 4. The Morgan fingerprint density at radius 2 is 1.92 bits per heavy atom. The number of hydrogen-bond donors (Lipinski definition) is 0. The molecule has 0 bridgehead atoms. The highest BCUT2D eigenvalue weighted by atomic mass is 19.2. The predicted octanol–water partition coefficient (Wildman–Crippen LogP) is 2.74. The standard InChI is InChI=1S/C18H20F2N4O2/c1-11(17-21-16(22-26-17)12-2-3-12)23-6-8-24(9-7-23)18(25)13-4-5-14(19)15(20)10-13/h4-5,10-12H,2-3,6-9H2,1H3. The van der Waals surface area contributed by atoms with E-state index >= 15 is 0 Å². The van der Waals surface area contributed by atoms with Gasteiger partial charge in [0.25, 0.3) is 5.91 Å². The fourth-order valence-corrected chi connectivity index (χ4v) is 3.20. The Hall–Kier alpha value is -2.35. The largest absolute Gasteiger partial charge is 0.338 e. The molecule has 1 aromatic heterocycles. The highest BCUT2D eigenvalue weighted by Crippen LogP contribution is 2.38. The highest BCUT2D eigenvalue weighted by Gasteiger charge is 2.32. The zero-order chi connectivity index (χ0) is 18.3. The molecule has 2 heterocycles. The van der Waals surface area contributed by atoms with Gasteiger partial charge in [-0.15, -0.1) is 0 Å². The molecule has 1 aliphatic heterocycles. The number of halogens is 2. The summed E-state index contributed by atoms with van der Waals surface area (Å²) in [4.78, 5) is 20.8. The second-order valence-corrected chi connectivity index (χ2v) is 6.90. The Morgan fingerprint density at radius 3 is 2.58 bits per heavy atom. The molecule has 138 valence electrons. The number of nitrogens with zero attached hydrogens (tertiary/aromatic N) is 4. The number of carbonyl (C=O) groups excluding carboxylic acids is 1. The van der Waals surface area contributed by atoms with Crippen molar-refractivity contribution in [3.8, 4) is 0 Å². The smallest absolute Gasteiger partial charge is 0.254 e. The number of aromatic nitrogens is 2. The van der Waals surface area contributed by atoms with Crippen LogP contribution in [0.5, 0.6) is 0 Å². The van der Waals surface area contributed by atoms with Gasteiger partial charge in [0, 0.05) is 37.7 Å². The Balaban J connectivity index is 1.36. The van der Waals surface area contributed by atoms with Crippen LogP contribution in [0.4, 0.5) is 8.78 Å². The molecule has 1 unspecified atom stereocenters. The monoisotopic (exact) mass is 362 g/mol. The quantitative estimate of drug-likeness (QED) is 0.837. The van der Waals surface area contributed by atoms with E-state index in [1.807, 2.05) is 6.92 Å². The Bertz CT molecular complexity index is 813. The molecule has 2 fully saturated rings. The average Bonchev–Trinajstić information content (AvgIpc) is 3.40. The summed E-state index contributed by atoms with van der Waals surface area (Å²) in [7, 11) is 0. The van der Waals surface area contributed by atoms with E-state index in [9.17, 15) is 13.6 Å². The molecule has 6 nitrogen and oxygen atoms in total. The van der Waals surface area contributed by atoms with Crippen molar-refractivity contribution in [2.75, 3.05) is 26.2 Å². The molecule has 2 aliphatic rings. The summed E-state index contributed by atoms with van der Waals surface area (Å²) < 4.78 is 31.8. The van der Waals surface area contributed by atoms with Gasteiger partial charge in [0.05, 0.1) is 6.04 Å². The second-order valence-electron chi connectivity index (χ2n) is 6.90. The van der Waals surface area contributed by atoms with Crippen LogP contribution in [0, 0.1) is 11.6 Å². The molecule has 1 atom stereocenters. The van der Waals surface area contributed by atoms with E-state index in [2.05, 4.69) is 15.0 Å². The fraction of sp³-hybridized carbons (Fsp3) is 0.500. The van der Waals surface area contributed by atoms with Crippen molar-refractivity contribution in [1.82, 2.24) is 19.9 Å². The Morgan fingerprint density at radius 1 is 1.19 bits per heavy atom. The highest BCUT2D eigenvalue weighted by molar-refractivity contribution is 5.94. The summed E-state index contributed by atoms with van der Waals surface area (Å²) in [6.45, 7) is 4.32. The normalized spacial score (nSPS) is 19.6. The first-order valence-electron chi connectivity index (χ1n) is 8.85. The van der Waals surface area contributed by atoms with Gasteiger partial charge < -0.3 is 9.42 Å². The van der Waals surface area contributed by atoms with Gasteiger partial charge in [0.2, 0.25) is 5.89 Å². The summed E-state index contributed by atoms with van der Waals surface area (Å²) in [5, 5.41) is 4.05. The molecule has 0 spiro atoms. The minimum Gasteiger partial charge on any atom is -0.338 e. The van der Waals surface area contributed by atoms with Crippen LogP contribution < -0.4 is 0 Å². The van der Waals surface area contributed by atoms with Gasteiger partial charge in [0.1, 0.15) is 0 Å². The van der Waals surface area contributed by atoms with Gasteiger partial charge in [0.15, 0.2) is 17.5 Å². The lowest BCUT2D eigenvalue weighted by Gasteiger charge is -2.36. The first-order chi connectivity index (χ1) is 12.5. The molecule has 1 aromatic carbocycles. The van der Waals surface area contributed by atoms with Crippen LogP contribution in [0.3, 0.4) is 0 Å². The van der Waals surface area contributed by atoms with E-state index in [-0.39, 0.29) is 17.5 Å². The Labute approximate surface area is 149 Å². The summed E-state index contributed by atoms with van der Waals surface area (Å²) in [5.74, 6) is -0.405. The Kier molecular flexibility index (Phi) is 4.44. The molecular weight excluding hydrogens is 342 g/mol. The maximum atomic E-state index is 13.3. The van der Waals surface area contributed by atoms with Gasteiger partial charge >= 0.3 is 0 Å².